The molecule has 1 aromatic heterocycles. The van der Waals surface area contributed by atoms with E-state index in [-0.39, 0.29) is 0 Å². The van der Waals surface area contributed by atoms with Crippen LogP contribution in [-0.2, 0) is 19.5 Å². The first-order chi connectivity index (χ1) is 18.8. The number of imidazole rings is 1. The van der Waals surface area contributed by atoms with Gasteiger partial charge in [-0.05, 0) is 32.1 Å². The van der Waals surface area contributed by atoms with Crippen molar-refractivity contribution in [2.75, 3.05) is 0 Å². The van der Waals surface area contributed by atoms with Gasteiger partial charge in [-0.15, -0.1) is 0 Å². The molecule has 2 heteroatoms. The maximum absolute atomic E-state index is 2.62. The number of hydrogen-bond donors (Lipinski definition) is 0. The number of unbranched alkanes of at least 4 members (excludes halogenated alkanes) is 24. The normalized spacial score (nSPS) is 11.6. The Morgan fingerprint density at radius 2 is 0.816 bits per heavy atom. The molecule has 0 radical (unpaired) electrons. The fourth-order valence-corrected chi connectivity index (χ4v) is 5.97. The van der Waals surface area contributed by atoms with E-state index >= 15 is 0 Å². The van der Waals surface area contributed by atoms with Crippen LogP contribution in [0.15, 0.2) is 12.4 Å². The number of hydrogen-bond acceptors (Lipinski definition) is 0. The molecule has 0 fully saturated rings. The fraction of sp³-hybridized carbons (Fsp3) is 0.917. The summed E-state index contributed by atoms with van der Waals surface area (Å²) in [5.41, 5.74) is 0. The molecule has 0 N–H and O–H groups in total. The van der Waals surface area contributed by atoms with Crippen LogP contribution >= 0.6 is 0 Å². The first-order valence-electron chi connectivity index (χ1n) is 17.9. The lowest BCUT2D eigenvalue weighted by molar-refractivity contribution is -0.704. The first kappa shape index (κ1) is 35.2. The highest BCUT2D eigenvalue weighted by Gasteiger charge is 2.16. The van der Waals surface area contributed by atoms with Crippen molar-refractivity contribution >= 4 is 0 Å². The van der Waals surface area contributed by atoms with Crippen molar-refractivity contribution in [1.82, 2.24) is 4.57 Å². The van der Waals surface area contributed by atoms with Crippen LogP contribution in [-0.4, -0.2) is 4.57 Å². The predicted molar refractivity (Wildman–Crippen MR) is 170 cm³/mol. The van der Waals surface area contributed by atoms with E-state index < -0.39 is 0 Å². The third-order valence-corrected chi connectivity index (χ3v) is 8.60. The van der Waals surface area contributed by atoms with Gasteiger partial charge in [0.15, 0.2) is 0 Å². The lowest BCUT2D eigenvalue weighted by atomic mass is 10.1. The molecule has 1 aromatic rings. The van der Waals surface area contributed by atoms with E-state index in [2.05, 4.69) is 42.3 Å². The van der Waals surface area contributed by atoms with E-state index in [1.807, 2.05) is 0 Å². The second-order valence-corrected chi connectivity index (χ2v) is 12.3. The van der Waals surface area contributed by atoms with Gasteiger partial charge in [0, 0.05) is 6.42 Å². The molecule has 1 heterocycles. The number of aromatic nitrogens is 2. The monoisotopic (exact) mass is 532 g/mol. The standard InChI is InChI=1S/C36H71N2/c1-4-7-10-13-15-17-19-20-22-24-27-30-33-38-35-34-37(36(38)31-28-25-12-9-6-3)32-29-26-23-21-18-16-14-11-8-5-2/h34-35H,4-33H2,1-3H3/q+1. The molecule has 224 valence electrons. The summed E-state index contributed by atoms with van der Waals surface area (Å²) in [6.07, 6.45) is 44.4. The van der Waals surface area contributed by atoms with Gasteiger partial charge in [0.1, 0.15) is 12.4 Å². The average Bonchev–Trinajstić information content (AvgIpc) is 3.31. The van der Waals surface area contributed by atoms with Crippen LogP contribution in [0.25, 0.3) is 0 Å². The van der Waals surface area contributed by atoms with Gasteiger partial charge in [-0.3, -0.25) is 0 Å². The van der Waals surface area contributed by atoms with E-state index in [0.717, 1.165) is 0 Å². The van der Waals surface area contributed by atoms with Crippen molar-refractivity contribution in [2.45, 2.75) is 214 Å². The van der Waals surface area contributed by atoms with E-state index in [1.165, 1.54) is 193 Å². The highest BCUT2D eigenvalue weighted by atomic mass is 15.1. The van der Waals surface area contributed by atoms with Crippen molar-refractivity contribution in [2.24, 2.45) is 0 Å². The second-order valence-electron chi connectivity index (χ2n) is 12.3. The van der Waals surface area contributed by atoms with Crippen LogP contribution in [0, 0.1) is 0 Å². The maximum Gasteiger partial charge on any atom is 0.256 e. The van der Waals surface area contributed by atoms with Crippen molar-refractivity contribution < 1.29 is 4.57 Å². The smallest absolute Gasteiger partial charge is 0.234 e. The van der Waals surface area contributed by atoms with Gasteiger partial charge in [0.25, 0.3) is 5.82 Å². The predicted octanol–water partition coefficient (Wildman–Crippen LogP) is 11.9. The minimum atomic E-state index is 1.23. The Bertz CT molecular complexity index is 590. The van der Waals surface area contributed by atoms with Gasteiger partial charge in [0.2, 0.25) is 0 Å². The largest absolute Gasteiger partial charge is 0.256 e. The SMILES string of the molecule is CCCCCCCCCCCCCC[n+]1ccn(CCCCCCCCCCCC)c1CCCCCCC. The van der Waals surface area contributed by atoms with Gasteiger partial charge >= 0.3 is 0 Å². The Kier molecular flexibility index (Phi) is 25.7. The summed E-state index contributed by atoms with van der Waals surface area (Å²) in [6.45, 7) is 9.39. The number of aryl methyl sites for hydroxylation is 2. The first-order valence-corrected chi connectivity index (χ1v) is 17.9. The van der Waals surface area contributed by atoms with E-state index in [4.69, 9.17) is 0 Å². The quantitative estimate of drug-likeness (QED) is 0.0689. The molecular formula is C36H71N2+. The van der Waals surface area contributed by atoms with Gasteiger partial charge in [-0.25, -0.2) is 9.13 Å². The highest BCUT2D eigenvalue weighted by molar-refractivity contribution is 4.84. The van der Waals surface area contributed by atoms with Crippen molar-refractivity contribution in [3.8, 4) is 0 Å². The second kappa shape index (κ2) is 27.8. The zero-order valence-corrected chi connectivity index (χ0v) is 26.8. The molecule has 0 atom stereocenters. The molecule has 0 amide bonds. The molecule has 2 nitrogen and oxygen atoms in total. The van der Waals surface area contributed by atoms with Gasteiger partial charge < -0.3 is 0 Å². The molecule has 0 saturated heterocycles. The molecule has 0 aliphatic rings. The van der Waals surface area contributed by atoms with Crippen molar-refractivity contribution in [3.63, 3.8) is 0 Å². The van der Waals surface area contributed by atoms with Crippen LogP contribution in [0.1, 0.15) is 200 Å². The van der Waals surface area contributed by atoms with Crippen LogP contribution < -0.4 is 4.57 Å². The molecule has 1 rings (SSSR count). The third-order valence-electron chi connectivity index (χ3n) is 8.60. The average molecular weight is 532 g/mol. The van der Waals surface area contributed by atoms with Gasteiger partial charge in [-0.2, -0.15) is 0 Å². The Morgan fingerprint density at radius 3 is 1.26 bits per heavy atom. The van der Waals surface area contributed by atoms with Crippen molar-refractivity contribution in [1.29, 1.82) is 0 Å². The summed E-state index contributed by atoms with van der Waals surface area (Å²) >= 11 is 0. The summed E-state index contributed by atoms with van der Waals surface area (Å²) in [4.78, 5) is 0. The lowest BCUT2D eigenvalue weighted by Crippen LogP contribution is -2.37. The fourth-order valence-electron chi connectivity index (χ4n) is 5.97. The van der Waals surface area contributed by atoms with Crippen LogP contribution in [0.5, 0.6) is 0 Å². The minimum absolute atomic E-state index is 1.23. The summed E-state index contributed by atoms with van der Waals surface area (Å²) in [5.74, 6) is 1.61. The summed E-state index contributed by atoms with van der Waals surface area (Å²) in [7, 11) is 0. The lowest BCUT2D eigenvalue weighted by Gasteiger charge is -2.07. The topological polar surface area (TPSA) is 8.81 Å². The number of nitrogens with zero attached hydrogens (tertiary/aromatic N) is 2. The van der Waals surface area contributed by atoms with Gasteiger partial charge in [0.05, 0.1) is 13.1 Å². The van der Waals surface area contributed by atoms with Crippen LogP contribution in [0.2, 0.25) is 0 Å². The molecule has 38 heavy (non-hydrogen) atoms. The summed E-state index contributed by atoms with van der Waals surface area (Å²) in [6, 6.07) is 0. The maximum atomic E-state index is 2.62. The molecule has 0 saturated carbocycles. The summed E-state index contributed by atoms with van der Waals surface area (Å²) in [5, 5.41) is 0. The van der Waals surface area contributed by atoms with Crippen LogP contribution in [0.4, 0.5) is 0 Å². The Balaban J connectivity index is 2.25. The Hall–Kier alpha value is -0.790. The van der Waals surface area contributed by atoms with Crippen molar-refractivity contribution in [3.05, 3.63) is 18.2 Å². The zero-order valence-electron chi connectivity index (χ0n) is 26.8. The Morgan fingerprint density at radius 1 is 0.447 bits per heavy atom. The molecular weight excluding hydrogens is 460 g/mol. The van der Waals surface area contributed by atoms with Crippen LogP contribution in [0.3, 0.4) is 0 Å². The molecule has 0 aliphatic carbocycles. The number of rotatable bonds is 30. The molecule has 0 aliphatic heterocycles. The molecule has 0 aromatic carbocycles. The highest BCUT2D eigenvalue weighted by Crippen LogP contribution is 2.14. The Labute approximate surface area is 240 Å². The van der Waals surface area contributed by atoms with Gasteiger partial charge in [-0.1, -0.05) is 162 Å². The summed E-state index contributed by atoms with van der Waals surface area (Å²) < 4.78 is 5.23. The van der Waals surface area contributed by atoms with E-state index in [0.29, 0.717) is 0 Å². The zero-order chi connectivity index (χ0) is 27.4. The van der Waals surface area contributed by atoms with E-state index in [1.54, 1.807) is 5.82 Å². The molecule has 0 spiro atoms. The third kappa shape index (κ3) is 20.2. The molecule has 0 unspecified atom stereocenters. The molecule has 0 bridgehead atoms. The minimum Gasteiger partial charge on any atom is -0.234 e. The van der Waals surface area contributed by atoms with E-state index in [9.17, 15) is 0 Å².